The Morgan fingerprint density at radius 3 is 2.78 bits per heavy atom. The van der Waals surface area contributed by atoms with E-state index in [1.54, 1.807) is 0 Å². The third kappa shape index (κ3) is 3.48. The number of carbonyl (C=O) groups is 1. The summed E-state index contributed by atoms with van der Waals surface area (Å²) >= 11 is 0. The second-order valence-electron chi connectivity index (χ2n) is 4.60. The normalized spacial score (nSPS) is 21.6. The van der Waals surface area contributed by atoms with E-state index in [0.29, 0.717) is 6.61 Å². The summed E-state index contributed by atoms with van der Waals surface area (Å²) in [6.07, 6.45) is 8.29. The Kier molecular flexibility index (Phi) is 3.82. The third-order valence-corrected chi connectivity index (χ3v) is 2.85. The van der Waals surface area contributed by atoms with Gasteiger partial charge in [0.1, 0.15) is 6.61 Å². The summed E-state index contributed by atoms with van der Waals surface area (Å²) in [6, 6.07) is 9.64. The van der Waals surface area contributed by atoms with Crippen LogP contribution < -0.4 is 5.32 Å². The van der Waals surface area contributed by atoms with Crippen molar-refractivity contribution >= 4 is 6.09 Å². The highest BCUT2D eigenvalue weighted by molar-refractivity contribution is 5.69. The molecule has 94 valence electrons. The number of nitrogens with one attached hydrogen (secondary N) is 1. The topological polar surface area (TPSA) is 38.3 Å². The highest BCUT2D eigenvalue weighted by Crippen LogP contribution is 2.16. The lowest BCUT2D eigenvalue weighted by Crippen LogP contribution is -2.44. The summed E-state index contributed by atoms with van der Waals surface area (Å²) in [5.41, 5.74) is 0.639. The van der Waals surface area contributed by atoms with Gasteiger partial charge < -0.3 is 10.1 Å². The molecule has 0 radical (unpaired) electrons. The Morgan fingerprint density at radius 2 is 2.11 bits per heavy atom. The van der Waals surface area contributed by atoms with Crippen LogP contribution in [-0.4, -0.2) is 11.6 Å². The lowest BCUT2D eigenvalue weighted by molar-refractivity contribution is 0.132. The van der Waals surface area contributed by atoms with E-state index in [-0.39, 0.29) is 11.6 Å². The van der Waals surface area contributed by atoms with Gasteiger partial charge in [-0.15, -0.1) is 0 Å². The molecule has 1 N–H and O–H groups in total. The second kappa shape index (κ2) is 5.54. The van der Waals surface area contributed by atoms with Gasteiger partial charge in [0.05, 0.1) is 5.54 Å². The van der Waals surface area contributed by atoms with Crippen molar-refractivity contribution in [1.82, 2.24) is 5.32 Å². The highest BCUT2D eigenvalue weighted by Gasteiger charge is 2.23. The summed E-state index contributed by atoms with van der Waals surface area (Å²) < 4.78 is 5.19. The Balaban J connectivity index is 1.82. The number of rotatable bonds is 3. The Hall–Kier alpha value is -2.03. The maximum absolute atomic E-state index is 11.7. The molecule has 1 aromatic carbocycles. The van der Waals surface area contributed by atoms with Crippen molar-refractivity contribution in [3.63, 3.8) is 0 Å². The number of allylic oxidation sites excluding steroid dienone is 2. The summed E-state index contributed by atoms with van der Waals surface area (Å²) in [4.78, 5) is 11.7. The van der Waals surface area contributed by atoms with E-state index in [2.05, 4.69) is 5.32 Å². The van der Waals surface area contributed by atoms with Gasteiger partial charge in [-0.1, -0.05) is 54.6 Å². The molecule has 0 unspecified atom stereocenters. The average Bonchev–Trinajstić information content (AvgIpc) is 2.38. The standard InChI is InChI=1S/C15H17NO2/c1-15(10-6-3-7-11-15)16-14(17)18-12-13-8-4-2-5-9-13/h2-10H,11-12H2,1H3,(H,16,17)/t15-/m0/s1. The first-order valence-electron chi connectivity index (χ1n) is 6.01. The van der Waals surface area contributed by atoms with Crippen molar-refractivity contribution in [3.8, 4) is 0 Å². The summed E-state index contributed by atoms with van der Waals surface area (Å²) in [5, 5.41) is 2.87. The molecule has 0 spiro atoms. The number of hydrogen-bond acceptors (Lipinski definition) is 2. The zero-order valence-electron chi connectivity index (χ0n) is 10.4. The molecule has 0 saturated heterocycles. The molecular formula is C15H17NO2. The van der Waals surface area contributed by atoms with Crippen LogP contribution in [0.3, 0.4) is 0 Å². The summed E-state index contributed by atoms with van der Waals surface area (Å²) in [6.45, 7) is 2.26. The van der Waals surface area contributed by atoms with Crippen LogP contribution in [0.15, 0.2) is 54.6 Å². The molecule has 0 aromatic heterocycles. The van der Waals surface area contributed by atoms with Crippen LogP contribution in [0.4, 0.5) is 4.79 Å². The zero-order chi connectivity index (χ0) is 12.8. The molecule has 1 aliphatic carbocycles. The van der Waals surface area contributed by atoms with Crippen LogP contribution in [0.5, 0.6) is 0 Å². The minimum Gasteiger partial charge on any atom is -0.445 e. The number of alkyl carbamates (subject to hydrolysis) is 1. The van der Waals surface area contributed by atoms with Gasteiger partial charge >= 0.3 is 6.09 Å². The van der Waals surface area contributed by atoms with Crippen LogP contribution in [0, 0.1) is 0 Å². The predicted octanol–water partition coefficient (Wildman–Crippen LogP) is 3.19. The fourth-order valence-electron chi connectivity index (χ4n) is 1.81. The number of benzene rings is 1. The Morgan fingerprint density at radius 1 is 1.33 bits per heavy atom. The van der Waals surface area contributed by atoms with Crippen molar-refractivity contribution in [3.05, 3.63) is 60.2 Å². The van der Waals surface area contributed by atoms with Crippen LogP contribution in [0.2, 0.25) is 0 Å². The minimum absolute atomic E-state index is 0.294. The van der Waals surface area contributed by atoms with Gasteiger partial charge in [0, 0.05) is 0 Å². The third-order valence-electron chi connectivity index (χ3n) is 2.85. The van der Waals surface area contributed by atoms with Gasteiger partial charge in [-0.05, 0) is 18.9 Å². The molecule has 0 fully saturated rings. The fraction of sp³-hybridized carbons (Fsp3) is 0.267. The molecule has 1 atom stereocenters. The largest absolute Gasteiger partial charge is 0.445 e. The Labute approximate surface area is 107 Å². The van der Waals surface area contributed by atoms with E-state index in [1.807, 2.05) is 61.6 Å². The molecule has 3 heteroatoms. The molecule has 18 heavy (non-hydrogen) atoms. The molecular weight excluding hydrogens is 226 g/mol. The maximum atomic E-state index is 11.7. The van der Waals surface area contributed by atoms with Crippen molar-refractivity contribution in [1.29, 1.82) is 0 Å². The zero-order valence-corrected chi connectivity index (χ0v) is 10.4. The SMILES string of the molecule is C[C@]1(NC(=O)OCc2ccccc2)C=CC=CC1. The van der Waals surface area contributed by atoms with E-state index in [0.717, 1.165) is 12.0 Å². The van der Waals surface area contributed by atoms with Gasteiger partial charge in [-0.2, -0.15) is 0 Å². The molecule has 0 bridgehead atoms. The number of amides is 1. The van der Waals surface area contributed by atoms with Crippen molar-refractivity contribution in [2.24, 2.45) is 0 Å². The number of carbonyl (C=O) groups excluding carboxylic acids is 1. The monoisotopic (exact) mass is 243 g/mol. The molecule has 2 rings (SSSR count). The smallest absolute Gasteiger partial charge is 0.408 e. The quantitative estimate of drug-likeness (QED) is 0.885. The van der Waals surface area contributed by atoms with Gasteiger partial charge in [0.2, 0.25) is 0 Å². The van der Waals surface area contributed by atoms with E-state index >= 15 is 0 Å². The van der Waals surface area contributed by atoms with Crippen molar-refractivity contribution < 1.29 is 9.53 Å². The van der Waals surface area contributed by atoms with E-state index in [9.17, 15) is 4.79 Å². The van der Waals surface area contributed by atoms with E-state index < -0.39 is 0 Å². The Bertz CT molecular complexity index is 465. The van der Waals surface area contributed by atoms with Crippen LogP contribution in [0.25, 0.3) is 0 Å². The molecule has 0 saturated carbocycles. The molecule has 0 heterocycles. The molecule has 1 aromatic rings. The molecule has 0 aliphatic heterocycles. The van der Waals surface area contributed by atoms with Crippen molar-refractivity contribution in [2.75, 3.05) is 0 Å². The first-order valence-corrected chi connectivity index (χ1v) is 6.01. The van der Waals surface area contributed by atoms with Gasteiger partial charge in [-0.25, -0.2) is 4.79 Å². The van der Waals surface area contributed by atoms with Crippen LogP contribution in [0.1, 0.15) is 18.9 Å². The fourth-order valence-corrected chi connectivity index (χ4v) is 1.81. The minimum atomic E-state index is -0.388. The first-order chi connectivity index (χ1) is 8.68. The molecule has 1 amide bonds. The lowest BCUT2D eigenvalue weighted by atomic mass is 9.94. The molecule has 3 nitrogen and oxygen atoms in total. The van der Waals surface area contributed by atoms with E-state index in [4.69, 9.17) is 4.74 Å². The highest BCUT2D eigenvalue weighted by atomic mass is 16.5. The van der Waals surface area contributed by atoms with Crippen molar-refractivity contribution in [2.45, 2.75) is 25.5 Å². The first kappa shape index (κ1) is 12.4. The summed E-state index contributed by atoms with van der Waals surface area (Å²) in [7, 11) is 0. The number of hydrogen-bond donors (Lipinski definition) is 1. The molecule has 1 aliphatic rings. The van der Waals surface area contributed by atoms with Gasteiger partial charge in [-0.3, -0.25) is 0 Å². The lowest BCUT2D eigenvalue weighted by Gasteiger charge is -2.27. The maximum Gasteiger partial charge on any atom is 0.408 e. The van der Waals surface area contributed by atoms with Crippen LogP contribution in [-0.2, 0) is 11.3 Å². The van der Waals surface area contributed by atoms with Crippen LogP contribution >= 0.6 is 0 Å². The second-order valence-corrected chi connectivity index (χ2v) is 4.60. The number of ether oxygens (including phenoxy) is 1. The van der Waals surface area contributed by atoms with Gasteiger partial charge in [0.15, 0.2) is 0 Å². The average molecular weight is 243 g/mol. The predicted molar refractivity (Wildman–Crippen MR) is 71.1 cm³/mol. The van der Waals surface area contributed by atoms with Gasteiger partial charge in [0.25, 0.3) is 0 Å². The summed E-state index contributed by atoms with van der Waals surface area (Å²) in [5.74, 6) is 0. The van der Waals surface area contributed by atoms with E-state index in [1.165, 1.54) is 0 Å².